The summed E-state index contributed by atoms with van der Waals surface area (Å²) < 4.78 is 0. The molecule has 1 heterocycles. The zero-order valence-electron chi connectivity index (χ0n) is 13.3. The molecule has 3 aromatic rings. The molecule has 0 saturated heterocycles. The number of para-hydroxylation sites is 1. The number of hydrogen-bond donors (Lipinski definition) is 2. The first-order valence-electron chi connectivity index (χ1n) is 7.66. The van der Waals surface area contributed by atoms with Crippen LogP contribution in [-0.4, -0.2) is 15.9 Å². The Kier molecular flexibility index (Phi) is 4.98. The van der Waals surface area contributed by atoms with Crippen LogP contribution < -0.4 is 10.6 Å². The van der Waals surface area contributed by atoms with Crippen LogP contribution in [0.1, 0.15) is 21.6 Å². The number of nitrogens with one attached hydrogen (secondary N) is 2. The number of nitrogens with zero attached hydrogens (tertiary/aromatic N) is 3. The fraction of sp³-hybridized carbons (Fsp3) is 0.0526. The van der Waals surface area contributed by atoms with Gasteiger partial charge in [0.05, 0.1) is 23.6 Å². The van der Waals surface area contributed by atoms with E-state index in [2.05, 4.69) is 26.7 Å². The highest BCUT2D eigenvalue weighted by Crippen LogP contribution is 2.18. The Morgan fingerprint density at radius 2 is 1.76 bits per heavy atom. The summed E-state index contributed by atoms with van der Waals surface area (Å²) in [4.78, 5) is 20.4. The fourth-order valence-corrected chi connectivity index (χ4v) is 2.21. The highest BCUT2D eigenvalue weighted by molar-refractivity contribution is 5.92. The van der Waals surface area contributed by atoms with Crippen LogP contribution in [0.3, 0.4) is 0 Å². The van der Waals surface area contributed by atoms with Crippen LogP contribution in [0.25, 0.3) is 0 Å². The molecular formula is C19H15N5O. The Hall–Kier alpha value is -3.72. The van der Waals surface area contributed by atoms with Gasteiger partial charge in [0.15, 0.2) is 0 Å². The summed E-state index contributed by atoms with van der Waals surface area (Å²) in [5, 5.41) is 14.9. The molecule has 0 aliphatic rings. The van der Waals surface area contributed by atoms with E-state index in [1.54, 1.807) is 18.2 Å². The van der Waals surface area contributed by atoms with Crippen molar-refractivity contribution in [3.05, 3.63) is 83.8 Å². The van der Waals surface area contributed by atoms with Gasteiger partial charge >= 0.3 is 0 Å². The standard InChI is InChI=1S/C19H15N5O/c20-10-15-8-4-5-9-16(15)24-18-13-21-17(12-22-18)19(25)23-11-14-6-2-1-3-7-14/h1-9,12-13H,11H2,(H,22,24)(H,23,25). The van der Waals surface area contributed by atoms with E-state index >= 15 is 0 Å². The highest BCUT2D eigenvalue weighted by Gasteiger charge is 2.08. The number of aromatic nitrogens is 2. The molecule has 0 aliphatic heterocycles. The molecule has 6 heteroatoms. The predicted molar refractivity (Wildman–Crippen MR) is 94.1 cm³/mol. The minimum atomic E-state index is -0.291. The van der Waals surface area contributed by atoms with Crippen molar-refractivity contribution in [2.75, 3.05) is 5.32 Å². The lowest BCUT2D eigenvalue weighted by Crippen LogP contribution is -2.24. The molecule has 6 nitrogen and oxygen atoms in total. The first kappa shape index (κ1) is 16.1. The molecule has 122 valence electrons. The average molecular weight is 329 g/mol. The lowest BCUT2D eigenvalue weighted by Gasteiger charge is -2.08. The van der Waals surface area contributed by atoms with Gasteiger partial charge in [0.1, 0.15) is 17.6 Å². The average Bonchev–Trinajstić information content (AvgIpc) is 2.68. The fourth-order valence-electron chi connectivity index (χ4n) is 2.21. The molecule has 0 bridgehead atoms. The van der Waals surface area contributed by atoms with Crippen LogP contribution in [0.15, 0.2) is 67.0 Å². The topological polar surface area (TPSA) is 90.7 Å². The van der Waals surface area contributed by atoms with Crippen LogP contribution in [0.5, 0.6) is 0 Å². The van der Waals surface area contributed by atoms with Gasteiger partial charge in [0.25, 0.3) is 5.91 Å². The van der Waals surface area contributed by atoms with E-state index in [0.717, 1.165) is 5.56 Å². The summed E-state index contributed by atoms with van der Waals surface area (Å²) in [7, 11) is 0. The molecule has 3 rings (SSSR count). The van der Waals surface area contributed by atoms with E-state index in [1.807, 2.05) is 36.4 Å². The number of amides is 1. The van der Waals surface area contributed by atoms with Gasteiger partial charge in [-0.1, -0.05) is 42.5 Å². The second kappa shape index (κ2) is 7.70. The van der Waals surface area contributed by atoms with Gasteiger partial charge in [-0.05, 0) is 17.7 Å². The third-order valence-corrected chi connectivity index (χ3v) is 3.49. The summed E-state index contributed by atoms with van der Waals surface area (Å²) in [6.07, 6.45) is 2.86. The molecule has 1 aromatic heterocycles. The summed E-state index contributed by atoms with van der Waals surface area (Å²) in [6.45, 7) is 0.427. The van der Waals surface area contributed by atoms with Gasteiger partial charge in [0.2, 0.25) is 0 Å². The van der Waals surface area contributed by atoms with E-state index in [-0.39, 0.29) is 11.6 Å². The number of nitriles is 1. The van der Waals surface area contributed by atoms with Gasteiger partial charge in [-0.25, -0.2) is 9.97 Å². The van der Waals surface area contributed by atoms with Crippen LogP contribution in [0.4, 0.5) is 11.5 Å². The maximum atomic E-state index is 12.1. The number of anilines is 2. The molecule has 0 radical (unpaired) electrons. The van der Waals surface area contributed by atoms with E-state index in [1.165, 1.54) is 12.4 Å². The summed E-state index contributed by atoms with van der Waals surface area (Å²) >= 11 is 0. The molecule has 0 spiro atoms. The molecule has 0 unspecified atom stereocenters. The Balaban J connectivity index is 1.64. The van der Waals surface area contributed by atoms with Crippen LogP contribution in [0, 0.1) is 11.3 Å². The van der Waals surface area contributed by atoms with Crippen molar-refractivity contribution in [2.45, 2.75) is 6.54 Å². The van der Waals surface area contributed by atoms with Crippen LogP contribution >= 0.6 is 0 Å². The number of hydrogen-bond acceptors (Lipinski definition) is 5. The van der Waals surface area contributed by atoms with Gasteiger partial charge < -0.3 is 10.6 Å². The lowest BCUT2D eigenvalue weighted by molar-refractivity contribution is 0.0945. The molecule has 0 saturated carbocycles. The Morgan fingerprint density at radius 1 is 1.00 bits per heavy atom. The summed E-state index contributed by atoms with van der Waals surface area (Å²) in [5.41, 5.74) is 2.39. The molecule has 2 N–H and O–H groups in total. The maximum absolute atomic E-state index is 12.1. The molecular weight excluding hydrogens is 314 g/mol. The normalized spacial score (nSPS) is 9.88. The van der Waals surface area contributed by atoms with E-state index in [4.69, 9.17) is 5.26 Å². The minimum absolute atomic E-state index is 0.232. The number of carbonyl (C=O) groups is 1. The maximum Gasteiger partial charge on any atom is 0.271 e. The van der Waals surface area contributed by atoms with Crippen molar-refractivity contribution in [3.8, 4) is 6.07 Å². The number of benzene rings is 2. The van der Waals surface area contributed by atoms with Crippen LogP contribution in [-0.2, 0) is 6.54 Å². The van der Waals surface area contributed by atoms with E-state index < -0.39 is 0 Å². The Labute approximate surface area is 145 Å². The molecule has 25 heavy (non-hydrogen) atoms. The van der Waals surface area contributed by atoms with Gasteiger partial charge in [-0.3, -0.25) is 4.79 Å². The van der Waals surface area contributed by atoms with Crippen molar-refractivity contribution in [2.24, 2.45) is 0 Å². The van der Waals surface area contributed by atoms with E-state index in [0.29, 0.717) is 23.6 Å². The lowest BCUT2D eigenvalue weighted by atomic mass is 10.2. The Bertz CT molecular complexity index is 901. The van der Waals surface area contributed by atoms with E-state index in [9.17, 15) is 4.79 Å². The minimum Gasteiger partial charge on any atom is -0.347 e. The second-order valence-corrected chi connectivity index (χ2v) is 5.24. The monoisotopic (exact) mass is 329 g/mol. The molecule has 0 aliphatic carbocycles. The summed E-state index contributed by atoms with van der Waals surface area (Å²) in [6, 6.07) is 18.8. The first-order valence-corrected chi connectivity index (χ1v) is 7.66. The zero-order chi connectivity index (χ0) is 17.5. The number of rotatable bonds is 5. The smallest absolute Gasteiger partial charge is 0.271 e. The van der Waals surface area contributed by atoms with Gasteiger partial charge in [0, 0.05) is 6.54 Å². The molecule has 0 atom stereocenters. The van der Waals surface area contributed by atoms with Crippen molar-refractivity contribution < 1.29 is 4.79 Å². The van der Waals surface area contributed by atoms with Gasteiger partial charge in [-0.15, -0.1) is 0 Å². The highest BCUT2D eigenvalue weighted by atomic mass is 16.1. The van der Waals surface area contributed by atoms with Crippen molar-refractivity contribution in [3.63, 3.8) is 0 Å². The third-order valence-electron chi connectivity index (χ3n) is 3.49. The predicted octanol–water partition coefficient (Wildman–Crippen LogP) is 3.02. The van der Waals surface area contributed by atoms with Crippen LogP contribution in [0.2, 0.25) is 0 Å². The molecule has 2 aromatic carbocycles. The van der Waals surface area contributed by atoms with Gasteiger partial charge in [-0.2, -0.15) is 5.26 Å². The molecule has 1 amide bonds. The molecule has 0 fully saturated rings. The largest absolute Gasteiger partial charge is 0.347 e. The quantitative estimate of drug-likeness (QED) is 0.751. The second-order valence-electron chi connectivity index (χ2n) is 5.24. The van der Waals surface area contributed by atoms with Crippen molar-refractivity contribution in [1.29, 1.82) is 5.26 Å². The van der Waals surface area contributed by atoms with Crippen molar-refractivity contribution in [1.82, 2.24) is 15.3 Å². The summed E-state index contributed by atoms with van der Waals surface area (Å²) in [5.74, 6) is 0.169. The Morgan fingerprint density at radius 3 is 2.48 bits per heavy atom. The SMILES string of the molecule is N#Cc1ccccc1Nc1cnc(C(=O)NCc2ccccc2)cn1. The first-order chi connectivity index (χ1) is 12.3. The van der Waals surface area contributed by atoms with Crippen molar-refractivity contribution >= 4 is 17.4 Å². The number of carbonyl (C=O) groups excluding carboxylic acids is 1. The zero-order valence-corrected chi connectivity index (χ0v) is 13.3. The third kappa shape index (κ3) is 4.18.